The molecule has 2 atom stereocenters. The van der Waals surface area contributed by atoms with Gasteiger partial charge >= 0.3 is 5.97 Å². The molecule has 0 bridgehead atoms. The Hall–Kier alpha value is -1.88. The molecule has 0 aliphatic heterocycles. The Morgan fingerprint density at radius 3 is 2.83 bits per heavy atom. The lowest BCUT2D eigenvalue weighted by Gasteiger charge is -2.29. The van der Waals surface area contributed by atoms with Crippen LogP contribution in [0.1, 0.15) is 38.2 Å². The van der Waals surface area contributed by atoms with Gasteiger partial charge in [0.1, 0.15) is 5.82 Å². The first-order chi connectivity index (χ1) is 11.5. The van der Waals surface area contributed by atoms with Gasteiger partial charge in [-0.15, -0.1) is 0 Å². The van der Waals surface area contributed by atoms with Crippen LogP contribution in [0.25, 0.3) is 6.08 Å². The third-order valence-electron chi connectivity index (χ3n) is 4.16. The maximum Gasteiger partial charge on any atom is 0.331 e. The molecule has 24 heavy (non-hydrogen) atoms. The number of ether oxygens (including phenoxy) is 1. The highest BCUT2D eigenvalue weighted by Crippen LogP contribution is 2.23. The molecule has 0 saturated heterocycles. The molecule has 1 aromatic carbocycles. The van der Waals surface area contributed by atoms with E-state index in [0.717, 1.165) is 19.3 Å². The Kier molecular flexibility index (Phi) is 6.79. The summed E-state index contributed by atoms with van der Waals surface area (Å²) in [4.78, 5) is 23.5. The van der Waals surface area contributed by atoms with E-state index in [4.69, 9.17) is 16.3 Å². The minimum Gasteiger partial charge on any atom is -0.452 e. The van der Waals surface area contributed by atoms with Crippen molar-refractivity contribution in [2.45, 2.75) is 38.6 Å². The van der Waals surface area contributed by atoms with Crippen molar-refractivity contribution in [3.8, 4) is 0 Å². The minimum absolute atomic E-state index is 0.0218. The Balaban J connectivity index is 1.76. The van der Waals surface area contributed by atoms with Crippen LogP contribution >= 0.6 is 11.6 Å². The average molecular weight is 354 g/mol. The monoisotopic (exact) mass is 353 g/mol. The second kappa shape index (κ2) is 8.83. The smallest absolute Gasteiger partial charge is 0.331 e. The summed E-state index contributed by atoms with van der Waals surface area (Å²) in [5, 5.41) is 2.89. The summed E-state index contributed by atoms with van der Waals surface area (Å²) in [6, 6.07) is 4.26. The fourth-order valence-corrected chi connectivity index (χ4v) is 2.93. The normalized spacial score (nSPS) is 20.8. The number of rotatable bonds is 5. The van der Waals surface area contributed by atoms with Crippen molar-refractivity contribution in [3.63, 3.8) is 0 Å². The first-order valence-electron chi connectivity index (χ1n) is 8.05. The number of benzene rings is 1. The molecule has 1 aliphatic rings. The van der Waals surface area contributed by atoms with Gasteiger partial charge in [-0.25, -0.2) is 9.18 Å². The molecule has 1 aromatic rings. The third-order valence-corrected chi connectivity index (χ3v) is 4.45. The Labute approximate surface area is 146 Å². The zero-order valence-corrected chi connectivity index (χ0v) is 14.3. The summed E-state index contributed by atoms with van der Waals surface area (Å²) in [7, 11) is 0. The zero-order valence-electron chi connectivity index (χ0n) is 13.6. The van der Waals surface area contributed by atoms with Crippen LogP contribution in [0, 0.1) is 11.7 Å². The van der Waals surface area contributed by atoms with E-state index in [1.54, 1.807) is 0 Å². The predicted molar refractivity (Wildman–Crippen MR) is 91.0 cm³/mol. The molecule has 1 saturated carbocycles. The lowest BCUT2D eigenvalue weighted by Crippen LogP contribution is -2.42. The average Bonchev–Trinajstić information content (AvgIpc) is 2.56. The van der Waals surface area contributed by atoms with Crippen molar-refractivity contribution in [2.24, 2.45) is 5.92 Å². The number of hydrogen-bond acceptors (Lipinski definition) is 3. The second-order valence-electron chi connectivity index (χ2n) is 6.05. The number of hydrogen-bond donors (Lipinski definition) is 1. The molecule has 1 N–H and O–H groups in total. The van der Waals surface area contributed by atoms with E-state index in [9.17, 15) is 14.0 Å². The van der Waals surface area contributed by atoms with E-state index in [0.29, 0.717) is 11.5 Å². The van der Waals surface area contributed by atoms with Crippen LogP contribution in [0.5, 0.6) is 0 Å². The van der Waals surface area contributed by atoms with Crippen LogP contribution in [0.4, 0.5) is 4.39 Å². The van der Waals surface area contributed by atoms with Gasteiger partial charge in [0.05, 0.1) is 5.02 Å². The summed E-state index contributed by atoms with van der Waals surface area (Å²) in [5.41, 5.74) is 0.568. The van der Waals surface area contributed by atoms with Crippen LogP contribution in [0.3, 0.4) is 0 Å². The molecule has 1 fully saturated rings. The van der Waals surface area contributed by atoms with Crippen molar-refractivity contribution in [3.05, 3.63) is 40.7 Å². The number of amides is 1. The van der Waals surface area contributed by atoms with Gasteiger partial charge < -0.3 is 10.1 Å². The summed E-state index contributed by atoms with van der Waals surface area (Å²) >= 11 is 5.66. The van der Waals surface area contributed by atoms with Gasteiger partial charge in [-0.1, -0.05) is 37.4 Å². The molecular formula is C18H21ClFNO3. The molecule has 0 aromatic heterocycles. The van der Waals surface area contributed by atoms with Gasteiger partial charge in [0.15, 0.2) is 6.61 Å². The minimum atomic E-state index is -0.637. The summed E-state index contributed by atoms with van der Waals surface area (Å²) in [6.45, 7) is 1.81. The van der Waals surface area contributed by atoms with Crippen LogP contribution < -0.4 is 5.32 Å². The standard InChI is InChI=1S/C18H21ClFNO3/c1-12-4-2-3-5-16(12)21-17(22)11-24-18(23)9-7-13-6-8-15(20)14(19)10-13/h6-10,12,16H,2-5,11H2,1H3,(H,21,22)/b9-7+/t12-,16+/m1/s1. The highest BCUT2D eigenvalue weighted by molar-refractivity contribution is 6.30. The van der Waals surface area contributed by atoms with E-state index in [2.05, 4.69) is 12.2 Å². The molecule has 2 rings (SSSR count). The van der Waals surface area contributed by atoms with E-state index in [1.165, 1.54) is 36.8 Å². The van der Waals surface area contributed by atoms with Crippen LogP contribution in [0.15, 0.2) is 24.3 Å². The van der Waals surface area contributed by atoms with Gasteiger partial charge in [-0.2, -0.15) is 0 Å². The third kappa shape index (κ3) is 5.64. The summed E-state index contributed by atoms with van der Waals surface area (Å²) < 4.78 is 17.9. The first-order valence-corrected chi connectivity index (χ1v) is 8.43. The number of halogens is 2. The van der Waals surface area contributed by atoms with Crippen molar-refractivity contribution < 1.29 is 18.7 Å². The number of carbonyl (C=O) groups is 2. The first kappa shape index (κ1) is 18.5. The maximum atomic E-state index is 13.0. The molecule has 130 valence electrons. The van der Waals surface area contributed by atoms with E-state index in [-0.39, 0.29) is 23.6 Å². The SMILES string of the molecule is C[C@@H]1CCCC[C@@H]1NC(=O)COC(=O)/C=C/c1ccc(F)c(Cl)c1. The fraction of sp³-hybridized carbons (Fsp3) is 0.444. The maximum absolute atomic E-state index is 13.0. The van der Waals surface area contributed by atoms with E-state index < -0.39 is 11.8 Å². The largest absolute Gasteiger partial charge is 0.452 e. The Morgan fingerprint density at radius 2 is 2.12 bits per heavy atom. The van der Waals surface area contributed by atoms with Crippen LogP contribution in [-0.4, -0.2) is 24.5 Å². The number of carbonyl (C=O) groups excluding carboxylic acids is 2. The summed E-state index contributed by atoms with van der Waals surface area (Å²) in [5.74, 6) is -1.01. The quantitative estimate of drug-likeness (QED) is 0.648. The van der Waals surface area contributed by atoms with Gasteiger partial charge in [0.2, 0.25) is 0 Å². The predicted octanol–water partition coefficient (Wildman–Crippen LogP) is 3.73. The molecule has 6 heteroatoms. The van der Waals surface area contributed by atoms with E-state index in [1.807, 2.05) is 0 Å². The molecule has 1 amide bonds. The van der Waals surface area contributed by atoms with Crippen LogP contribution in [0.2, 0.25) is 5.02 Å². The topological polar surface area (TPSA) is 55.4 Å². The molecule has 4 nitrogen and oxygen atoms in total. The number of nitrogens with one attached hydrogen (secondary N) is 1. The molecular weight excluding hydrogens is 333 g/mol. The summed E-state index contributed by atoms with van der Waals surface area (Å²) in [6.07, 6.45) is 7.01. The van der Waals surface area contributed by atoms with Gasteiger partial charge in [0.25, 0.3) is 5.91 Å². The fourth-order valence-electron chi connectivity index (χ4n) is 2.74. The highest BCUT2D eigenvalue weighted by Gasteiger charge is 2.22. The zero-order chi connectivity index (χ0) is 17.5. The van der Waals surface area contributed by atoms with Crippen molar-refractivity contribution in [1.82, 2.24) is 5.32 Å². The number of esters is 1. The van der Waals surface area contributed by atoms with Gasteiger partial charge in [0, 0.05) is 12.1 Å². The van der Waals surface area contributed by atoms with E-state index >= 15 is 0 Å². The van der Waals surface area contributed by atoms with Crippen LogP contribution in [-0.2, 0) is 14.3 Å². The van der Waals surface area contributed by atoms with Crippen molar-refractivity contribution in [1.29, 1.82) is 0 Å². The van der Waals surface area contributed by atoms with Crippen molar-refractivity contribution >= 4 is 29.6 Å². The molecule has 1 aliphatic carbocycles. The molecule has 0 heterocycles. The van der Waals surface area contributed by atoms with Gasteiger partial charge in [-0.05, 0) is 42.5 Å². The molecule has 0 spiro atoms. The highest BCUT2D eigenvalue weighted by atomic mass is 35.5. The van der Waals surface area contributed by atoms with Crippen molar-refractivity contribution in [2.75, 3.05) is 6.61 Å². The molecule has 0 radical (unpaired) electrons. The lowest BCUT2D eigenvalue weighted by molar-refractivity contribution is -0.144. The second-order valence-corrected chi connectivity index (χ2v) is 6.46. The Bertz CT molecular complexity index is 633. The molecule has 0 unspecified atom stereocenters. The lowest BCUT2D eigenvalue weighted by atomic mass is 9.86. The van der Waals surface area contributed by atoms with Gasteiger partial charge in [-0.3, -0.25) is 4.79 Å². The Morgan fingerprint density at radius 1 is 1.38 bits per heavy atom.